The monoisotopic (exact) mass is 1000 g/mol. The van der Waals surface area contributed by atoms with Crippen molar-refractivity contribution in [3.8, 4) is 0 Å². The fourth-order valence-corrected chi connectivity index (χ4v) is 8.95. The Morgan fingerprint density at radius 3 is 1.04 bits per heavy atom. The van der Waals surface area contributed by atoms with Crippen LogP contribution in [0.15, 0.2) is 75.4 Å². The number of aliphatic hydroxyl groups is 2. The second-order valence-corrected chi connectivity index (χ2v) is 15.4. The van der Waals surface area contributed by atoms with E-state index < -0.39 is 0 Å². The summed E-state index contributed by atoms with van der Waals surface area (Å²) in [4.78, 5) is 51.6. The van der Waals surface area contributed by atoms with Crippen LogP contribution >= 0.6 is 95.6 Å². The molecule has 14 heteroatoms. The molecule has 0 heterocycles. The Hall–Kier alpha value is -2.04. The van der Waals surface area contributed by atoms with E-state index in [4.69, 9.17) is 10.2 Å². The molecule has 2 aliphatic rings. The number of fused-ring (bicyclic) bond motifs is 4. The van der Waals surface area contributed by atoms with E-state index in [9.17, 15) is 19.2 Å². The van der Waals surface area contributed by atoms with E-state index in [-0.39, 0.29) is 49.4 Å². The van der Waals surface area contributed by atoms with Gasteiger partial charge in [0.05, 0.1) is 24.3 Å². The summed E-state index contributed by atoms with van der Waals surface area (Å²) >= 11 is 20.2. The van der Waals surface area contributed by atoms with E-state index in [1.165, 1.54) is 0 Å². The van der Waals surface area contributed by atoms with Crippen molar-refractivity contribution in [3.05, 3.63) is 120 Å². The first kappa shape index (κ1) is 35.3. The van der Waals surface area contributed by atoms with E-state index in [0.29, 0.717) is 73.8 Å². The largest absolute Gasteiger partial charge is 0.395 e. The molecule has 236 valence electrons. The Kier molecular flexibility index (Phi) is 11.2. The smallest absolute Gasteiger partial charge is 0.196 e. The van der Waals surface area contributed by atoms with E-state index in [1.807, 2.05) is 0 Å². The zero-order chi connectivity index (χ0) is 33.4. The minimum atomic E-state index is -0.268. The summed E-state index contributed by atoms with van der Waals surface area (Å²) < 4.78 is 4.04. The summed E-state index contributed by atoms with van der Waals surface area (Å²) in [7, 11) is 0. The molecule has 2 aliphatic carbocycles. The molecule has 0 fully saturated rings. The number of benzene rings is 4. The van der Waals surface area contributed by atoms with Gasteiger partial charge in [-0.15, -0.1) is 0 Å². The molecule has 0 saturated carbocycles. The van der Waals surface area contributed by atoms with Gasteiger partial charge in [-0.3, -0.25) is 19.2 Å². The Labute approximate surface area is 313 Å². The van der Waals surface area contributed by atoms with Crippen LogP contribution in [-0.2, 0) is 0 Å². The van der Waals surface area contributed by atoms with E-state index >= 15 is 0 Å². The molecule has 0 aromatic heterocycles. The molecule has 0 saturated heterocycles. The van der Waals surface area contributed by atoms with Crippen LogP contribution in [0.5, 0.6) is 0 Å². The lowest BCUT2D eigenvalue weighted by atomic mass is 9.82. The van der Waals surface area contributed by atoms with Gasteiger partial charge >= 0.3 is 0 Å². The maximum absolute atomic E-state index is 13.2. The second kappa shape index (κ2) is 14.6. The highest BCUT2D eigenvalue weighted by molar-refractivity contribution is 9.11. The van der Waals surface area contributed by atoms with E-state index in [1.54, 1.807) is 48.5 Å². The number of ketones is 4. The lowest BCUT2D eigenvalue weighted by molar-refractivity contribution is 0.0978. The van der Waals surface area contributed by atoms with Crippen LogP contribution in [0.25, 0.3) is 0 Å². The lowest BCUT2D eigenvalue weighted by Crippen LogP contribution is -2.25. The van der Waals surface area contributed by atoms with Crippen molar-refractivity contribution in [1.82, 2.24) is 0 Å². The van der Waals surface area contributed by atoms with Gasteiger partial charge in [0, 0.05) is 84.7 Å². The third-order valence-electron chi connectivity index (χ3n) is 7.06. The van der Waals surface area contributed by atoms with Crippen LogP contribution in [0.2, 0.25) is 0 Å². The Balaban J connectivity index is 0.000000187. The third kappa shape index (κ3) is 6.77. The number of nitrogens with one attached hydrogen (secondary N) is 2. The molecule has 0 amide bonds. The molecule has 4 N–H and O–H groups in total. The first-order valence-electron chi connectivity index (χ1n) is 13.4. The molecule has 4 aromatic carbocycles. The molecular weight excluding hydrogens is 988 g/mol. The minimum absolute atomic E-state index is 0.0964. The standard InChI is InChI=1S/C18H16Br2N2O4.C14H4Br4O2/c19-9-5-11-15(13(7-9)21-1-3-23)17(25)12-6-10(20)8-14(22-2-4-24)16(12)18(11)26;15-5-1-7-11(9(17)3-5)14(20)8-2-6(16)4-10(18)12(8)13(7)19/h5-8,21-24H,1-4H2;1-4H. The molecule has 0 radical (unpaired) electrons. The lowest BCUT2D eigenvalue weighted by Gasteiger charge is -2.24. The highest BCUT2D eigenvalue weighted by Gasteiger charge is 2.35. The minimum Gasteiger partial charge on any atom is -0.395 e. The van der Waals surface area contributed by atoms with Gasteiger partial charge in [-0.05, 0) is 80.4 Å². The molecule has 0 bridgehead atoms. The maximum Gasteiger partial charge on any atom is 0.196 e. The van der Waals surface area contributed by atoms with Gasteiger partial charge in [0.1, 0.15) is 0 Å². The number of aliphatic hydroxyl groups excluding tert-OH is 2. The van der Waals surface area contributed by atoms with Crippen LogP contribution in [0, 0.1) is 0 Å². The summed E-state index contributed by atoms with van der Waals surface area (Å²) in [6.45, 7) is 0.333. The first-order valence-corrected chi connectivity index (χ1v) is 18.2. The van der Waals surface area contributed by atoms with E-state index in [0.717, 1.165) is 8.95 Å². The summed E-state index contributed by atoms with van der Waals surface area (Å²) in [5.74, 6) is -0.848. The number of halogens is 6. The summed E-state index contributed by atoms with van der Waals surface area (Å²) in [5.41, 5.74) is 3.83. The van der Waals surface area contributed by atoms with Gasteiger partial charge in [0.2, 0.25) is 0 Å². The average Bonchev–Trinajstić information content (AvgIpc) is 2.99. The van der Waals surface area contributed by atoms with Gasteiger partial charge in [0.25, 0.3) is 0 Å². The summed E-state index contributed by atoms with van der Waals surface area (Å²) in [6, 6.07) is 13.6. The van der Waals surface area contributed by atoms with Crippen LogP contribution < -0.4 is 10.6 Å². The van der Waals surface area contributed by atoms with Crippen molar-refractivity contribution in [1.29, 1.82) is 0 Å². The molecule has 0 atom stereocenters. The number of anilines is 2. The van der Waals surface area contributed by atoms with Crippen molar-refractivity contribution in [3.63, 3.8) is 0 Å². The van der Waals surface area contributed by atoms with Crippen LogP contribution in [0.4, 0.5) is 11.4 Å². The van der Waals surface area contributed by atoms with Crippen molar-refractivity contribution >= 4 is 130 Å². The van der Waals surface area contributed by atoms with Gasteiger partial charge in [-0.1, -0.05) is 63.7 Å². The fourth-order valence-electron chi connectivity index (χ4n) is 5.23. The number of hydrogen-bond acceptors (Lipinski definition) is 8. The number of hydrogen-bond donors (Lipinski definition) is 4. The SMILES string of the molecule is O=C1c2cc(Br)cc(Br)c2C(=O)c2cc(Br)cc(Br)c21.O=C1c2cc(Br)cc(NCCO)c2C(=O)c2cc(Br)cc(NCCO)c21. The van der Waals surface area contributed by atoms with Crippen molar-refractivity contribution < 1.29 is 29.4 Å². The van der Waals surface area contributed by atoms with Gasteiger partial charge in [-0.2, -0.15) is 0 Å². The predicted molar refractivity (Wildman–Crippen MR) is 197 cm³/mol. The van der Waals surface area contributed by atoms with E-state index in [2.05, 4.69) is 106 Å². The molecule has 4 aromatic rings. The van der Waals surface area contributed by atoms with Crippen molar-refractivity contribution in [2.45, 2.75) is 0 Å². The molecule has 0 spiro atoms. The molecule has 0 unspecified atom stereocenters. The average molecular weight is 1010 g/mol. The molecular formula is C32H20Br6N2O6. The Morgan fingerprint density at radius 1 is 0.435 bits per heavy atom. The second-order valence-electron chi connectivity index (χ2n) is 9.99. The Bertz CT molecular complexity index is 1840. The van der Waals surface area contributed by atoms with Crippen LogP contribution in [0.1, 0.15) is 63.7 Å². The van der Waals surface area contributed by atoms with Crippen molar-refractivity contribution in [2.24, 2.45) is 0 Å². The first-order chi connectivity index (χ1) is 21.9. The topological polar surface area (TPSA) is 133 Å². The number of rotatable bonds is 6. The highest BCUT2D eigenvalue weighted by Crippen LogP contribution is 2.40. The third-order valence-corrected chi connectivity index (χ3v) is 10.1. The summed E-state index contributed by atoms with van der Waals surface area (Å²) in [5, 5.41) is 24.1. The van der Waals surface area contributed by atoms with Crippen LogP contribution in [0.3, 0.4) is 0 Å². The quantitative estimate of drug-likeness (QED) is 0.131. The van der Waals surface area contributed by atoms with Crippen molar-refractivity contribution in [2.75, 3.05) is 36.9 Å². The summed E-state index contributed by atoms with van der Waals surface area (Å²) in [6.07, 6.45) is 0. The molecule has 6 rings (SSSR count). The van der Waals surface area contributed by atoms with Gasteiger partial charge < -0.3 is 20.8 Å². The fraction of sp³-hybridized carbons (Fsp3) is 0.125. The number of carbonyl (C=O) groups is 4. The Morgan fingerprint density at radius 2 is 0.717 bits per heavy atom. The highest BCUT2D eigenvalue weighted by atomic mass is 79.9. The molecule has 46 heavy (non-hydrogen) atoms. The zero-order valence-electron chi connectivity index (χ0n) is 23.2. The number of carbonyl (C=O) groups excluding carboxylic acids is 4. The normalized spacial score (nSPS) is 12.9. The molecule has 0 aliphatic heterocycles. The van der Waals surface area contributed by atoms with Gasteiger partial charge in [0.15, 0.2) is 23.1 Å². The maximum atomic E-state index is 13.2. The van der Waals surface area contributed by atoms with Crippen LogP contribution in [-0.4, -0.2) is 59.6 Å². The zero-order valence-corrected chi connectivity index (χ0v) is 32.8. The predicted octanol–water partition coefficient (Wildman–Crippen LogP) is 8.31. The van der Waals surface area contributed by atoms with Gasteiger partial charge in [-0.25, -0.2) is 0 Å². The molecule has 8 nitrogen and oxygen atoms in total.